The van der Waals surface area contributed by atoms with E-state index < -0.39 is 47.7 Å². The van der Waals surface area contributed by atoms with E-state index in [1.54, 1.807) is 0 Å². The highest BCUT2D eigenvalue weighted by Crippen LogP contribution is 2.30. The maximum Gasteiger partial charge on any atom is 0.330 e. The molecule has 1 aromatic heterocycles. The number of Topliss-reactive ketones (excluding diaryl/α,β-unsaturated/α-hetero) is 1. The lowest BCUT2D eigenvalue weighted by molar-refractivity contribution is -0.139. The van der Waals surface area contributed by atoms with Crippen LogP contribution in [0.3, 0.4) is 0 Å². The van der Waals surface area contributed by atoms with Crippen LogP contribution in [-0.4, -0.2) is 55.1 Å². The van der Waals surface area contributed by atoms with Gasteiger partial charge in [-0.25, -0.2) is 4.79 Å². The number of ketones is 1. The molecule has 0 saturated carbocycles. The van der Waals surface area contributed by atoms with E-state index in [1.807, 2.05) is 4.98 Å². The summed E-state index contributed by atoms with van der Waals surface area (Å²) in [5.41, 5.74) is -1.47. The molecule has 9 heteroatoms. The van der Waals surface area contributed by atoms with Crippen LogP contribution in [0.25, 0.3) is 0 Å². The number of rotatable bonds is 3. The number of hydrogen-bond acceptors (Lipinski definition) is 7. The van der Waals surface area contributed by atoms with Gasteiger partial charge < -0.3 is 20.1 Å². The van der Waals surface area contributed by atoms with E-state index in [0.717, 1.165) is 23.8 Å². The molecule has 0 bridgehead atoms. The van der Waals surface area contributed by atoms with E-state index in [9.17, 15) is 29.7 Å². The van der Waals surface area contributed by atoms with Gasteiger partial charge in [0.15, 0.2) is 12.0 Å². The first-order valence-electron chi connectivity index (χ1n) is 5.84. The summed E-state index contributed by atoms with van der Waals surface area (Å²) in [7, 11) is 0. The third kappa shape index (κ3) is 2.43. The van der Waals surface area contributed by atoms with Gasteiger partial charge in [0, 0.05) is 12.3 Å². The minimum atomic E-state index is -1.62. The molecule has 9 nitrogen and oxygen atoms in total. The van der Waals surface area contributed by atoms with E-state index in [1.165, 1.54) is 0 Å². The van der Waals surface area contributed by atoms with Gasteiger partial charge in [-0.1, -0.05) is 0 Å². The molecule has 2 heterocycles. The summed E-state index contributed by atoms with van der Waals surface area (Å²) >= 11 is 0. The zero-order chi connectivity index (χ0) is 15.0. The highest BCUT2D eigenvalue weighted by Gasteiger charge is 2.48. The molecule has 0 amide bonds. The molecule has 1 saturated heterocycles. The summed E-state index contributed by atoms with van der Waals surface area (Å²) in [4.78, 5) is 35.6. The first-order chi connectivity index (χ1) is 9.32. The molecule has 0 unspecified atom stereocenters. The van der Waals surface area contributed by atoms with E-state index in [-0.39, 0.29) is 0 Å². The number of aromatic nitrogens is 2. The van der Waals surface area contributed by atoms with E-state index in [4.69, 9.17) is 4.74 Å². The van der Waals surface area contributed by atoms with Crippen molar-refractivity contribution in [2.24, 2.45) is 0 Å². The highest BCUT2D eigenvalue weighted by molar-refractivity contribution is 5.80. The van der Waals surface area contributed by atoms with Gasteiger partial charge in [-0.3, -0.25) is 19.1 Å². The Morgan fingerprint density at radius 1 is 1.40 bits per heavy atom. The fourth-order valence-electron chi connectivity index (χ4n) is 2.04. The Bertz CT molecular complexity index is 622. The number of aliphatic hydroxyl groups is 3. The van der Waals surface area contributed by atoms with Gasteiger partial charge in [-0.15, -0.1) is 0 Å². The van der Waals surface area contributed by atoms with E-state index in [0.29, 0.717) is 0 Å². The Kier molecular flexibility index (Phi) is 3.86. The van der Waals surface area contributed by atoms with Crippen LogP contribution in [0.5, 0.6) is 0 Å². The number of aliphatic hydroxyl groups excluding tert-OH is 3. The summed E-state index contributed by atoms with van der Waals surface area (Å²) < 4.78 is 6.05. The Labute approximate surface area is 112 Å². The number of carbonyl (C=O) groups excluding carboxylic acids is 1. The Balaban J connectivity index is 2.33. The number of carbonyl (C=O) groups is 1. The molecule has 1 aliphatic rings. The van der Waals surface area contributed by atoms with Crippen LogP contribution in [-0.2, 0) is 9.53 Å². The normalized spacial score (nSPS) is 31.2. The van der Waals surface area contributed by atoms with Crippen molar-refractivity contribution < 1.29 is 24.9 Å². The zero-order valence-electron chi connectivity index (χ0n) is 10.5. The van der Waals surface area contributed by atoms with Crippen molar-refractivity contribution in [2.75, 3.05) is 0 Å². The third-order valence-corrected chi connectivity index (χ3v) is 3.13. The van der Waals surface area contributed by atoms with Gasteiger partial charge in [-0.05, 0) is 6.92 Å². The molecule has 110 valence electrons. The minimum Gasteiger partial charge on any atom is -0.387 e. The number of ether oxygens (including phenoxy) is 1. The highest BCUT2D eigenvalue weighted by atomic mass is 16.6. The van der Waals surface area contributed by atoms with Crippen molar-refractivity contribution in [2.45, 2.75) is 37.6 Å². The zero-order valence-corrected chi connectivity index (χ0v) is 10.5. The lowest BCUT2D eigenvalue weighted by Crippen LogP contribution is -2.42. The molecular weight excluding hydrogens is 272 g/mol. The van der Waals surface area contributed by atoms with Crippen molar-refractivity contribution in [3.05, 3.63) is 33.1 Å². The number of nitrogens with one attached hydrogen (secondary N) is 1. The second-order valence-corrected chi connectivity index (χ2v) is 4.55. The summed E-state index contributed by atoms with van der Waals surface area (Å²) in [6, 6.07) is 1.04. The summed E-state index contributed by atoms with van der Waals surface area (Å²) in [5, 5.41) is 29.2. The van der Waals surface area contributed by atoms with Gasteiger partial charge in [-0.2, -0.15) is 0 Å². The summed E-state index contributed by atoms with van der Waals surface area (Å²) in [5.74, 6) is -0.643. The minimum absolute atomic E-state index is 0.625. The maximum atomic E-state index is 11.6. The maximum absolute atomic E-state index is 11.6. The van der Waals surface area contributed by atoms with Crippen molar-refractivity contribution in [3.8, 4) is 0 Å². The lowest BCUT2D eigenvalue weighted by Gasteiger charge is -2.18. The van der Waals surface area contributed by atoms with Crippen molar-refractivity contribution in [1.29, 1.82) is 0 Å². The SMILES string of the molecule is CC(=O)[C@@H](O)[C@H]1O[C@@H](n2ccc(=O)[nH]c2=O)[C@H](O)[C@@H]1O. The molecule has 5 atom stereocenters. The fraction of sp³-hybridized carbons (Fsp3) is 0.545. The first-order valence-corrected chi connectivity index (χ1v) is 5.84. The van der Waals surface area contributed by atoms with Gasteiger partial charge >= 0.3 is 5.69 Å². The summed E-state index contributed by atoms with van der Waals surface area (Å²) in [6.07, 6.45) is -6.28. The van der Waals surface area contributed by atoms with E-state index in [2.05, 4.69) is 0 Å². The second kappa shape index (κ2) is 5.29. The quantitative estimate of drug-likeness (QED) is 0.467. The molecule has 1 aromatic rings. The van der Waals surface area contributed by atoms with Crippen molar-refractivity contribution >= 4 is 5.78 Å². The van der Waals surface area contributed by atoms with Crippen LogP contribution >= 0.6 is 0 Å². The molecule has 1 fully saturated rings. The molecular formula is C11H14N2O7. The predicted octanol–water partition coefficient (Wildman–Crippen LogP) is -2.89. The van der Waals surface area contributed by atoms with Crippen LogP contribution in [0, 0.1) is 0 Å². The van der Waals surface area contributed by atoms with E-state index >= 15 is 0 Å². The van der Waals surface area contributed by atoms with Gasteiger partial charge in [0.05, 0.1) is 0 Å². The third-order valence-electron chi connectivity index (χ3n) is 3.13. The molecule has 0 radical (unpaired) electrons. The Morgan fingerprint density at radius 3 is 2.60 bits per heavy atom. The smallest absolute Gasteiger partial charge is 0.330 e. The molecule has 1 aliphatic heterocycles. The van der Waals surface area contributed by atoms with Crippen LogP contribution in [0.4, 0.5) is 0 Å². The number of aromatic amines is 1. The van der Waals surface area contributed by atoms with Gasteiger partial charge in [0.1, 0.15) is 24.4 Å². The molecule has 20 heavy (non-hydrogen) atoms. The molecule has 0 aromatic carbocycles. The number of nitrogens with zero attached hydrogens (tertiary/aromatic N) is 1. The van der Waals surface area contributed by atoms with Crippen LogP contribution < -0.4 is 11.2 Å². The second-order valence-electron chi connectivity index (χ2n) is 4.55. The Morgan fingerprint density at radius 2 is 2.05 bits per heavy atom. The fourth-order valence-corrected chi connectivity index (χ4v) is 2.04. The van der Waals surface area contributed by atoms with Crippen molar-refractivity contribution in [1.82, 2.24) is 9.55 Å². The molecule has 4 N–H and O–H groups in total. The Hall–Kier alpha value is -1.81. The lowest BCUT2D eigenvalue weighted by atomic mass is 10.0. The topological polar surface area (TPSA) is 142 Å². The van der Waals surface area contributed by atoms with Crippen molar-refractivity contribution in [3.63, 3.8) is 0 Å². The average Bonchev–Trinajstić information content (AvgIpc) is 2.66. The molecule has 0 aliphatic carbocycles. The first kappa shape index (κ1) is 14.6. The number of hydrogen-bond donors (Lipinski definition) is 4. The predicted molar refractivity (Wildman–Crippen MR) is 63.9 cm³/mol. The van der Waals surface area contributed by atoms with Crippen LogP contribution in [0.1, 0.15) is 13.2 Å². The van der Waals surface area contributed by atoms with Crippen LogP contribution in [0.2, 0.25) is 0 Å². The standard InChI is InChI=1S/C11H14N2O7/c1-4(14)6(16)9-7(17)8(18)10(20-9)13-3-2-5(15)12-11(13)19/h2-3,6-10,16-18H,1H3,(H,12,15,19)/t6-,7+,8-,9-,10-/m1/s1. The molecule has 0 spiro atoms. The van der Waals surface area contributed by atoms with Crippen LogP contribution in [0.15, 0.2) is 21.9 Å². The van der Waals surface area contributed by atoms with Gasteiger partial charge in [0.25, 0.3) is 5.56 Å². The monoisotopic (exact) mass is 286 g/mol. The molecule has 2 rings (SSSR count). The van der Waals surface area contributed by atoms with Gasteiger partial charge in [0.2, 0.25) is 0 Å². The largest absolute Gasteiger partial charge is 0.387 e. The number of H-pyrrole nitrogens is 1. The summed E-state index contributed by atoms with van der Waals surface area (Å²) in [6.45, 7) is 1.10. The average molecular weight is 286 g/mol.